The first-order valence-electron chi connectivity index (χ1n) is 6.26. The highest BCUT2D eigenvalue weighted by molar-refractivity contribution is 5.36. The number of ether oxygens (including phenoxy) is 1. The van der Waals surface area contributed by atoms with Gasteiger partial charge in [-0.15, -0.1) is 0 Å². The minimum Gasteiger partial charge on any atom is -0.490 e. The van der Waals surface area contributed by atoms with Crippen molar-refractivity contribution in [2.45, 2.75) is 39.7 Å². The average Bonchev–Trinajstić information content (AvgIpc) is 2.31. The minimum atomic E-state index is -0.328. The van der Waals surface area contributed by atoms with E-state index in [0.717, 1.165) is 18.4 Å². The summed E-state index contributed by atoms with van der Waals surface area (Å²) in [4.78, 5) is 0. The van der Waals surface area contributed by atoms with Crippen LogP contribution >= 0.6 is 0 Å². The normalized spacial score (nSPS) is 12.8. The lowest BCUT2D eigenvalue weighted by molar-refractivity contribution is 0.228. The fourth-order valence-electron chi connectivity index (χ4n) is 1.76. The van der Waals surface area contributed by atoms with Gasteiger partial charge in [0.25, 0.3) is 0 Å². The van der Waals surface area contributed by atoms with E-state index in [1.165, 1.54) is 6.07 Å². The number of benzene rings is 1. The second kappa shape index (κ2) is 6.60. The molecule has 17 heavy (non-hydrogen) atoms. The molecule has 0 saturated heterocycles. The molecule has 0 bridgehead atoms. The topological polar surface area (TPSA) is 35.2 Å². The first-order valence-corrected chi connectivity index (χ1v) is 6.26. The number of nitrogens with two attached hydrogens (primary N) is 1. The molecule has 3 heteroatoms. The van der Waals surface area contributed by atoms with Crippen molar-refractivity contribution in [3.05, 3.63) is 29.6 Å². The summed E-state index contributed by atoms with van der Waals surface area (Å²) < 4.78 is 19.3. The van der Waals surface area contributed by atoms with Gasteiger partial charge in [0.05, 0.1) is 6.61 Å². The quantitative estimate of drug-likeness (QED) is 0.822. The van der Waals surface area contributed by atoms with Gasteiger partial charge in [-0.25, -0.2) is 4.39 Å². The maximum absolute atomic E-state index is 13.7. The standard InChI is InChI=1S/C14H22FNO/c1-4-11(5-2)9-17-14-12(10(3)16)7-6-8-13(14)15/h6-8,10-11H,4-5,9,16H2,1-3H3/t10-/m1/s1. The van der Waals surface area contributed by atoms with E-state index in [4.69, 9.17) is 10.5 Å². The number of hydrogen-bond donors (Lipinski definition) is 1. The molecule has 0 aliphatic carbocycles. The Morgan fingerprint density at radius 1 is 1.29 bits per heavy atom. The first kappa shape index (κ1) is 14.0. The highest BCUT2D eigenvalue weighted by Crippen LogP contribution is 2.27. The van der Waals surface area contributed by atoms with Crippen LogP contribution < -0.4 is 10.5 Å². The van der Waals surface area contributed by atoms with Crippen LogP contribution in [0.3, 0.4) is 0 Å². The third-order valence-electron chi connectivity index (χ3n) is 3.11. The van der Waals surface area contributed by atoms with Gasteiger partial charge >= 0.3 is 0 Å². The molecule has 1 aromatic carbocycles. The summed E-state index contributed by atoms with van der Waals surface area (Å²) in [6.07, 6.45) is 2.08. The third kappa shape index (κ3) is 3.70. The smallest absolute Gasteiger partial charge is 0.165 e. The summed E-state index contributed by atoms with van der Waals surface area (Å²) in [6.45, 7) is 6.61. The Bertz CT molecular complexity index is 348. The molecule has 96 valence electrons. The zero-order chi connectivity index (χ0) is 12.8. The molecular formula is C14H22FNO. The van der Waals surface area contributed by atoms with Crippen molar-refractivity contribution < 1.29 is 9.13 Å². The van der Waals surface area contributed by atoms with E-state index < -0.39 is 0 Å². The largest absolute Gasteiger partial charge is 0.490 e. The fraction of sp³-hybridized carbons (Fsp3) is 0.571. The van der Waals surface area contributed by atoms with Crippen LogP contribution in [0.4, 0.5) is 4.39 Å². The molecule has 2 nitrogen and oxygen atoms in total. The van der Waals surface area contributed by atoms with Crippen molar-refractivity contribution in [3.8, 4) is 5.75 Å². The number of para-hydroxylation sites is 1. The van der Waals surface area contributed by atoms with Crippen molar-refractivity contribution in [1.29, 1.82) is 0 Å². The van der Waals surface area contributed by atoms with Gasteiger partial charge in [-0.1, -0.05) is 38.8 Å². The van der Waals surface area contributed by atoms with Gasteiger partial charge in [-0.2, -0.15) is 0 Å². The summed E-state index contributed by atoms with van der Waals surface area (Å²) in [5.74, 6) is 0.454. The van der Waals surface area contributed by atoms with Gasteiger partial charge in [0, 0.05) is 11.6 Å². The first-order chi connectivity index (χ1) is 8.10. The molecule has 0 fully saturated rings. The molecule has 0 spiro atoms. The van der Waals surface area contributed by atoms with Gasteiger partial charge < -0.3 is 10.5 Å². The van der Waals surface area contributed by atoms with Gasteiger partial charge in [0.1, 0.15) is 0 Å². The highest BCUT2D eigenvalue weighted by atomic mass is 19.1. The lowest BCUT2D eigenvalue weighted by atomic mass is 10.0. The Kier molecular flexibility index (Phi) is 5.42. The molecule has 0 aromatic heterocycles. The van der Waals surface area contributed by atoms with E-state index >= 15 is 0 Å². The van der Waals surface area contributed by atoms with Crippen LogP contribution in [0.5, 0.6) is 5.75 Å². The molecule has 0 unspecified atom stereocenters. The predicted molar refractivity (Wildman–Crippen MR) is 68.6 cm³/mol. The van der Waals surface area contributed by atoms with Gasteiger partial charge in [0.2, 0.25) is 0 Å². The minimum absolute atomic E-state index is 0.220. The Labute approximate surface area is 103 Å². The molecule has 0 amide bonds. The number of hydrogen-bond acceptors (Lipinski definition) is 2. The molecule has 1 aromatic rings. The molecule has 1 rings (SSSR count). The summed E-state index contributed by atoms with van der Waals surface area (Å²) in [7, 11) is 0. The highest BCUT2D eigenvalue weighted by Gasteiger charge is 2.14. The Hall–Kier alpha value is -1.09. The Morgan fingerprint density at radius 3 is 2.47 bits per heavy atom. The van der Waals surface area contributed by atoms with E-state index in [1.54, 1.807) is 6.07 Å². The number of rotatable bonds is 6. The van der Waals surface area contributed by atoms with E-state index in [-0.39, 0.29) is 11.9 Å². The zero-order valence-corrected chi connectivity index (χ0v) is 10.9. The van der Waals surface area contributed by atoms with Crippen LogP contribution in [-0.4, -0.2) is 6.61 Å². The molecule has 0 aliphatic heterocycles. The Balaban J connectivity index is 2.82. The van der Waals surface area contributed by atoms with E-state index in [9.17, 15) is 4.39 Å². The third-order valence-corrected chi connectivity index (χ3v) is 3.11. The molecule has 0 heterocycles. The van der Waals surface area contributed by atoms with Crippen molar-refractivity contribution in [3.63, 3.8) is 0 Å². The number of halogens is 1. The van der Waals surface area contributed by atoms with Crippen LogP contribution in [0.15, 0.2) is 18.2 Å². The van der Waals surface area contributed by atoms with Crippen LogP contribution in [0, 0.1) is 11.7 Å². The molecule has 2 N–H and O–H groups in total. The van der Waals surface area contributed by atoms with Gasteiger partial charge in [-0.05, 0) is 18.9 Å². The van der Waals surface area contributed by atoms with Crippen LogP contribution in [0.2, 0.25) is 0 Å². The average molecular weight is 239 g/mol. The van der Waals surface area contributed by atoms with Crippen molar-refractivity contribution in [2.24, 2.45) is 11.7 Å². The van der Waals surface area contributed by atoms with Gasteiger partial charge in [0.15, 0.2) is 11.6 Å². The maximum Gasteiger partial charge on any atom is 0.165 e. The second-order valence-corrected chi connectivity index (χ2v) is 4.44. The van der Waals surface area contributed by atoms with Crippen LogP contribution in [0.1, 0.15) is 45.2 Å². The fourth-order valence-corrected chi connectivity index (χ4v) is 1.76. The van der Waals surface area contributed by atoms with Crippen molar-refractivity contribution in [2.75, 3.05) is 6.61 Å². The van der Waals surface area contributed by atoms with Crippen LogP contribution in [-0.2, 0) is 0 Å². The SMILES string of the molecule is CCC(CC)COc1c(F)cccc1[C@@H](C)N. The maximum atomic E-state index is 13.7. The Morgan fingerprint density at radius 2 is 1.94 bits per heavy atom. The monoisotopic (exact) mass is 239 g/mol. The summed E-state index contributed by atoms with van der Waals surface area (Å²) in [6, 6.07) is 4.67. The van der Waals surface area contributed by atoms with Crippen molar-refractivity contribution in [1.82, 2.24) is 0 Å². The van der Waals surface area contributed by atoms with E-state index in [1.807, 2.05) is 13.0 Å². The van der Waals surface area contributed by atoms with Crippen LogP contribution in [0.25, 0.3) is 0 Å². The molecule has 0 radical (unpaired) electrons. The molecule has 0 aliphatic rings. The lowest BCUT2D eigenvalue weighted by Crippen LogP contribution is -2.14. The lowest BCUT2D eigenvalue weighted by Gasteiger charge is -2.18. The van der Waals surface area contributed by atoms with E-state index in [0.29, 0.717) is 18.3 Å². The van der Waals surface area contributed by atoms with Gasteiger partial charge in [-0.3, -0.25) is 0 Å². The summed E-state index contributed by atoms with van der Waals surface area (Å²) >= 11 is 0. The summed E-state index contributed by atoms with van der Waals surface area (Å²) in [5.41, 5.74) is 6.54. The molecular weight excluding hydrogens is 217 g/mol. The summed E-state index contributed by atoms with van der Waals surface area (Å²) in [5, 5.41) is 0. The molecule has 0 saturated carbocycles. The zero-order valence-electron chi connectivity index (χ0n) is 10.9. The molecule has 1 atom stereocenters. The van der Waals surface area contributed by atoms with E-state index in [2.05, 4.69) is 13.8 Å². The second-order valence-electron chi connectivity index (χ2n) is 4.44. The van der Waals surface area contributed by atoms with Crippen molar-refractivity contribution >= 4 is 0 Å². The predicted octanol–water partition coefficient (Wildman–Crippen LogP) is 3.66.